The van der Waals surface area contributed by atoms with Gasteiger partial charge in [0.25, 0.3) is 5.69 Å². The van der Waals surface area contributed by atoms with Crippen LogP contribution in [0.1, 0.15) is 25.8 Å². The number of hydrogen-bond acceptors (Lipinski definition) is 4. The second-order valence-corrected chi connectivity index (χ2v) is 6.97. The van der Waals surface area contributed by atoms with Gasteiger partial charge in [-0.1, -0.05) is 18.2 Å². The van der Waals surface area contributed by atoms with Crippen molar-refractivity contribution in [3.05, 3.63) is 75.5 Å². The van der Waals surface area contributed by atoms with E-state index in [1.54, 1.807) is 12.1 Å². The average molecular weight is 339 g/mol. The minimum absolute atomic E-state index is 0.0534. The van der Waals surface area contributed by atoms with Gasteiger partial charge in [0.05, 0.1) is 16.9 Å². The molecule has 0 saturated heterocycles. The van der Waals surface area contributed by atoms with Crippen molar-refractivity contribution in [1.82, 2.24) is 0 Å². The Morgan fingerprint density at radius 2 is 1.80 bits per heavy atom. The predicted octanol–water partition coefficient (Wildman–Crippen LogP) is 3.80. The standard InChI is InChI=1S/C19H21N3O3/c1-19(2)12-17(21(23)18(19)14-6-4-3-5-7-14)13-20-15-8-10-16(11-9-15)22(24)25/h3-11,17,20H,12-13H2,1-2H3. The van der Waals surface area contributed by atoms with Crippen LogP contribution in [0.4, 0.5) is 11.4 Å². The van der Waals surface area contributed by atoms with Gasteiger partial charge >= 0.3 is 0 Å². The van der Waals surface area contributed by atoms with Crippen molar-refractivity contribution in [3.8, 4) is 0 Å². The first-order valence-electron chi connectivity index (χ1n) is 8.26. The van der Waals surface area contributed by atoms with E-state index in [9.17, 15) is 15.3 Å². The van der Waals surface area contributed by atoms with Crippen LogP contribution in [0.15, 0.2) is 54.6 Å². The largest absolute Gasteiger partial charge is 0.623 e. The highest BCUT2D eigenvalue weighted by atomic mass is 16.6. The molecule has 1 aliphatic rings. The number of non-ortho nitro benzene ring substituents is 1. The molecule has 1 unspecified atom stereocenters. The van der Waals surface area contributed by atoms with E-state index in [2.05, 4.69) is 19.2 Å². The Morgan fingerprint density at radius 1 is 1.16 bits per heavy atom. The minimum Gasteiger partial charge on any atom is -0.623 e. The highest BCUT2D eigenvalue weighted by Gasteiger charge is 2.45. The van der Waals surface area contributed by atoms with E-state index in [1.165, 1.54) is 12.1 Å². The van der Waals surface area contributed by atoms with Crippen LogP contribution in [0.5, 0.6) is 0 Å². The van der Waals surface area contributed by atoms with Gasteiger partial charge < -0.3 is 10.5 Å². The van der Waals surface area contributed by atoms with Gasteiger partial charge in [0, 0.05) is 29.8 Å². The average Bonchev–Trinajstić information content (AvgIpc) is 2.82. The first-order chi connectivity index (χ1) is 11.9. The molecule has 2 aromatic rings. The van der Waals surface area contributed by atoms with Gasteiger partial charge in [-0.2, -0.15) is 0 Å². The first kappa shape index (κ1) is 17.0. The van der Waals surface area contributed by atoms with E-state index in [0.717, 1.165) is 28.1 Å². The number of anilines is 1. The molecule has 0 radical (unpaired) electrons. The molecular formula is C19H21N3O3. The van der Waals surface area contributed by atoms with Gasteiger partial charge in [0.1, 0.15) is 0 Å². The third-order valence-corrected chi connectivity index (χ3v) is 4.61. The lowest BCUT2D eigenvalue weighted by Gasteiger charge is -2.15. The Labute approximate surface area is 146 Å². The van der Waals surface area contributed by atoms with E-state index in [4.69, 9.17) is 0 Å². The predicted molar refractivity (Wildman–Crippen MR) is 98.0 cm³/mol. The van der Waals surface area contributed by atoms with Crippen LogP contribution < -0.4 is 5.32 Å². The smallest absolute Gasteiger partial charge is 0.269 e. The molecule has 1 N–H and O–H groups in total. The van der Waals surface area contributed by atoms with Crippen molar-refractivity contribution in [2.45, 2.75) is 26.3 Å². The summed E-state index contributed by atoms with van der Waals surface area (Å²) in [5.74, 6) is 0. The van der Waals surface area contributed by atoms with Crippen LogP contribution in [0.3, 0.4) is 0 Å². The highest BCUT2D eigenvalue weighted by Crippen LogP contribution is 2.35. The number of hydroxylamine groups is 1. The molecular weight excluding hydrogens is 318 g/mol. The quantitative estimate of drug-likeness (QED) is 0.389. The molecule has 25 heavy (non-hydrogen) atoms. The number of nitro benzene ring substituents is 1. The SMILES string of the molecule is CC1(C)CC(CNc2ccc([N+](=O)[O-])cc2)[N+]([O-])=C1c1ccccc1. The zero-order chi connectivity index (χ0) is 18.0. The zero-order valence-electron chi connectivity index (χ0n) is 14.3. The van der Waals surface area contributed by atoms with Crippen LogP contribution in [-0.2, 0) is 0 Å². The Bertz CT molecular complexity index is 798. The lowest BCUT2D eigenvalue weighted by molar-refractivity contribution is -0.487. The van der Waals surface area contributed by atoms with E-state index >= 15 is 0 Å². The fraction of sp³-hybridized carbons (Fsp3) is 0.316. The molecule has 0 aliphatic carbocycles. The third kappa shape index (κ3) is 3.47. The molecule has 0 amide bonds. The van der Waals surface area contributed by atoms with Gasteiger partial charge in [-0.25, -0.2) is 4.74 Å². The van der Waals surface area contributed by atoms with Crippen molar-refractivity contribution in [1.29, 1.82) is 0 Å². The molecule has 0 saturated carbocycles. The second-order valence-electron chi connectivity index (χ2n) is 6.97. The van der Waals surface area contributed by atoms with E-state index in [-0.39, 0.29) is 17.1 Å². The van der Waals surface area contributed by atoms with Crippen molar-refractivity contribution in [2.24, 2.45) is 5.41 Å². The molecule has 0 fully saturated rings. The summed E-state index contributed by atoms with van der Waals surface area (Å²) in [5, 5.41) is 26.8. The Morgan fingerprint density at radius 3 is 2.40 bits per heavy atom. The maximum absolute atomic E-state index is 12.8. The van der Waals surface area contributed by atoms with E-state index in [0.29, 0.717) is 6.54 Å². The number of rotatable bonds is 5. The lowest BCUT2D eigenvalue weighted by Crippen LogP contribution is -2.27. The molecule has 6 heteroatoms. The first-order valence-corrected chi connectivity index (χ1v) is 8.26. The molecule has 2 aromatic carbocycles. The molecule has 0 aromatic heterocycles. The fourth-order valence-corrected chi connectivity index (χ4v) is 3.46. The van der Waals surface area contributed by atoms with E-state index < -0.39 is 4.92 Å². The van der Waals surface area contributed by atoms with Gasteiger partial charge in [-0.3, -0.25) is 10.1 Å². The molecule has 1 atom stereocenters. The number of nitrogens with zero attached hydrogens (tertiary/aromatic N) is 2. The van der Waals surface area contributed by atoms with Gasteiger partial charge in [0.2, 0.25) is 5.71 Å². The number of benzene rings is 2. The summed E-state index contributed by atoms with van der Waals surface area (Å²) < 4.78 is 1.12. The van der Waals surface area contributed by atoms with Crippen LogP contribution in [0.25, 0.3) is 0 Å². The molecule has 0 bridgehead atoms. The maximum atomic E-state index is 12.8. The number of nitrogens with one attached hydrogen (secondary N) is 1. The van der Waals surface area contributed by atoms with Crippen molar-refractivity contribution in [3.63, 3.8) is 0 Å². The Kier molecular flexibility index (Phi) is 4.44. The van der Waals surface area contributed by atoms with Gasteiger partial charge in [0.15, 0.2) is 6.04 Å². The van der Waals surface area contributed by atoms with Crippen molar-refractivity contribution < 1.29 is 9.66 Å². The molecule has 1 aliphatic heterocycles. The second kappa shape index (κ2) is 6.55. The summed E-state index contributed by atoms with van der Waals surface area (Å²) in [7, 11) is 0. The normalized spacial score (nSPS) is 19.0. The molecule has 6 nitrogen and oxygen atoms in total. The topological polar surface area (TPSA) is 81.2 Å². The van der Waals surface area contributed by atoms with E-state index in [1.807, 2.05) is 30.3 Å². The van der Waals surface area contributed by atoms with Crippen LogP contribution in [0, 0.1) is 20.7 Å². The summed E-state index contributed by atoms with van der Waals surface area (Å²) in [6, 6.07) is 15.8. The summed E-state index contributed by atoms with van der Waals surface area (Å²) >= 11 is 0. The third-order valence-electron chi connectivity index (χ3n) is 4.61. The summed E-state index contributed by atoms with van der Waals surface area (Å²) in [6.07, 6.45) is 0.751. The highest BCUT2D eigenvalue weighted by molar-refractivity contribution is 6.01. The zero-order valence-corrected chi connectivity index (χ0v) is 14.3. The number of nitro groups is 1. The summed E-state index contributed by atoms with van der Waals surface area (Å²) in [6.45, 7) is 4.67. The van der Waals surface area contributed by atoms with Crippen molar-refractivity contribution >= 4 is 17.1 Å². The monoisotopic (exact) mass is 339 g/mol. The van der Waals surface area contributed by atoms with Gasteiger partial charge in [-0.05, 0) is 38.1 Å². The van der Waals surface area contributed by atoms with Crippen molar-refractivity contribution in [2.75, 3.05) is 11.9 Å². The lowest BCUT2D eigenvalue weighted by atomic mass is 9.81. The summed E-state index contributed by atoms with van der Waals surface area (Å²) in [4.78, 5) is 10.3. The fourth-order valence-electron chi connectivity index (χ4n) is 3.46. The Balaban J connectivity index is 1.75. The van der Waals surface area contributed by atoms with Crippen LogP contribution in [0.2, 0.25) is 0 Å². The van der Waals surface area contributed by atoms with Crippen LogP contribution >= 0.6 is 0 Å². The molecule has 3 rings (SSSR count). The van der Waals surface area contributed by atoms with Crippen LogP contribution in [-0.4, -0.2) is 28.0 Å². The number of hydrogen-bond donors (Lipinski definition) is 1. The van der Waals surface area contributed by atoms with Gasteiger partial charge in [-0.15, -0.1) is 0 Å². The summed E-state index contributed by atoms with van der Waals surface area (Å²) in [5.41, 5.74) is 2.39. The molecule has 0 spiro atoms. The molecule has 1 heterocycles. The molecule has 130 valence electrons. The maximum Gasteiger partial charge on any atom is 0.269 e. The minimum atomic E-state index is -0.427. The Hall–Kier alpha value is -2.89.